The van der Waals surface area contributed by atoms with Crippen LogP contribution in [0.25, 0.3) is 0 Å². The number of nitriles is 1. The van der Waals surface area contributed by atoms with Crippen LogP contribution in [0.15, 0.2) is 30.5 Å². The van der Waals surface area contributed by atoms with Crippen molar-refractivity contribution < 1.29 is 22.8 Å². The van der Waals surface area contributed by atoms with Gasteiger partial charge in [0.2, 0.25) is 0 Å². The van der Waals surface area contributed by atoms with E-state index in [4.69, 9.17) is 17.5 Å². The Morgan fingerprint density at radius 2 is 1.97 bits per heavy atom. The topological polar surface area (TPSA) is 89.3 Å². The maximum absolute atomic E-state index is 13.6. The molecule has 1 aliphatic carbocycles. The number of halogens is 3. The minimum absolute atomic E-state index is 0.0361. The van der Waals surface area contributed by atoms with Gasteiger partial charge in [-0.05, 0) is 41.5 Å². The quantitative estimate of drug-likeness (QED) is 0.694. The number of fused-ring (bicyclic) bond motifs is 1. The van der Waals surface area contributed by atoms with Crippen molar-refractivity contribution in [1.82, 2.24) is 15.2 Å². The molecule has 1 aromatic heterocycles. The molecule has 2 aromatic rings. The lowest BCUT2D eigenvalue weighted by Crippen LogP contribution is -2.48. The van der Waals surface area contributed by atoms with Crippen LogP contribution >= 0.6 is 12.2 Å². The van der Waals surface area contributed by atoms with Crippen molar-refractivity contribution in [2.24, 2.45) is 0 Å². The number of carbonyl (C=O) groups excluding carboxylic acids is 2. The number of amides is 2. The fourth-order valence-electron chi connectivity index (χ4n) is 4.21. The summed E-state index contributed by atoms with van der Waals surface area (Å²) in [5, 5.41) is 11.6. The largest absolute Gasteiger partial charge is 0.419 e. The van der Waals surface area contributed by atoms with Gasteiger partial charge in [0.25, 0.3) is 11.8 Å². The van der Waals surface area contributed by atoms with Gasteiger partial charge in [0.15, 0.2) is 10.8 Å². The van der Waals surface area contributed by atoms with Crippen molar-refractivity contribution >= 4 is 34.8 Å². The second kappa shape index (κ2) is 7.27. The third-order valence-corrected chi connectivity index (χ3v) is 6.38. The van der Waals surface area contributed by atoms with E-state index in [1.165, 1.54) is 13.1 Å². The molecule has 1 unspecified atom stereocenters. The molecule has 2 aliphatic rings. The number of carbonyl (C=O) groups is 2. The van der Waals surface area contributed by atoms with E-state index in [2.05, 4.69) is 10.3 Å². The molecule has 1 atom stereocenters. The number of likely N-dealkylation sites (N-methyl/N-ethyl adjacent to an activating group) is 1. The van der Waals surface area contributed by atoms with E-state index in [9.17, 15) is 22.8 Å². The number of benzene rings is 1. The fourth-order valence-corrected chi connectivity index (χ4v) is 4.57. The molecule has 1 spiro atoms. The number of hydrogen-bond donors (Lipinski definition) is 1. The summed E-state index contributed by atoms with van der Waals surface area (Å²) in [7, 11) is 3.13. The van der Waals surface area contributed by atoms with E-state index in [1.54, 1.807) is 30.1 Å². The first-order valence-electron chi connectivity index (χ1n) is 9.47. The average Bonchev–Trinajstić information content (AvgIpc) is 3.24. The predicted molar refractivity (Wildman–Crippen MR) is 112 cm³/mol. The van der Waals surface area contributed by atoms with Gasteiger partial charge >= 0.3 is 6.18 Å². The summed E-state index contributed by atoms with van der Waals surface area (Å²) in [6.45, 7) is 0. The number of pyridine rings is 1. The number of thiocarbonyl (C=S) groups is 1. The minimum Gasteiger partial charge on any atom is -0.355 e. The van der Waals surface area contributed by atoms with E-state index in [0.29, 0.717) is 11.6 Å². The highest BCUT2D eigenvalue weighted by Crippen LogP contribution is 2.43. The third-order valence-electron chi connectivity index (χ3n) is 5.93. The van der Waals surface area contributed by atoms with Gasteiger partial charge < -0.3 is 10.2 Å². The second-order valence-corrected chi connectivity index (χ2v) is 7.99. The van der Waals surface area contributed by atoms with Crippen LogP contribution in [-0.4, -0.2) is 46.4 Å². The first-order chi connectivity index (χ1) is 15.0. The zero-order valence-electron chi connectivity index (χ0n) is 16.9. The van der Waals surface area contributed by atoms with Gasteiger partial charge in [-0.3, -0.25) is 14.5 Å². The monoisotopic (exact) mass is 459 g/mol. The molecular weight excluding hydrogens is 443 g/mol. The molecule has 1 saturated heterocycles. The molecule has 7 nitrogen and oxygen atoms in total. The fraction of sp³-hybridized carbons (Fsp3) is 0.286. The van der Waals surface area contributed by atoms with Crippen LogP contribution in [0, 0.1) is 11.3 Å². The molecule has 164 valence electrons. The third kappa shape index (κ3) is 3.10. The van der Waals surface area contributed by atoms with Crippen molar-refractivity contribution in [2.45, 2.75) is 24.6 Å². The van der Waals surface area contributed by atoms with Crippen LogP contribution in [-0.2, 0) is 23.8 Å². The minimum atomic E-state index is -4.82. The standard InChI is InChI=1S/C21H16F3N5O2S/c1-26-17(30)11-3-4-12-7-20(8-13(12)5-11)18(31)29(19(32)28(20)2)14-6-15(21(22,23)24)16(9-25)27-10-14/h3-6,10H,7-8H2,1-2H3,(H,26,30). The van der Waals surface area contributed by atoms with Gasteiger partial charge in [-0.25, -0.2) is 4.98 Å². The summed E-state index contributed by atoms with van der Waals surface area (Å²) >= 11 is 5.42. The van der Waals surface area contributed by atoms with Gasteiger partial charge in [0.1, 0.15) is 11.6 Å². The summed E-state index contributed by atoms with van der Waals surface area (Å²) < 4.78 is 40.2. The molecule has 11 heteroatoms. The number of rotatable bonds is 2. The Morgan fingerprint density at radius 3 is 2.59 bits per heavy atom. The summed E-state index contributed by atoms with van der Waals surface area (Å²) in [5.74, 6) is -0.748. The van der Waals surface area contributed by atoms with E-state index in [0.717, 1.165) is 22.2 Å². The molecule has 32 heavy (non-hydrogen) atoms. The lowest BCUT2D eigenvalue weighted by molar-refractivity contribution is -0.138. The van der Waals surface area contributed by atoms with E-state index in [1.807, 2.05) is 0 Å². The van der Waals surface area contributed by atoms with Crippen LogP contribution in [0.4, 0.5) is 18.9 Å². The van der Waals surface area contributed by atoms with Gasteiger partial charge in [-0.15, -0.1) is 0 Å². The van der Waals surface area contributed by atoms with Gasteiger partial charge in [0, 0.05) is 32.5 Å². The first-order valence-corrected chi connectivity index (χ1v) is 9.88. The second-order valence-electron chi connectivity index (χ2n) is 7.63. The Hall–Kier alpha value is -3.52. The highest BCUT2D eigenvalue weighted by Gasteiger charge is 2.57. The summed E-state index contributed by atoms with van der Waals surface area (Å²) in [6, 6.07) is 7.28. The highest BCUT2D eigenvalue weighted by molar-refractivity contribution is 7.80. The predicted octanol–water partition coefficient (Wildman–Crippen LogP) is 2.43. The number of alkyl halides is 3. The highest BCUT2D eigenvalue weighted by atomic mass is 32.1. The van der Waals surface area contributed by atoms with E-state index < -0.39 is 28.9 Å². The number of hydrogen-bond acceptors (Lipinski definition) is 5. The zero-order valence-corrected chi connectivity index (χ0v) is 17.8. The van der Waals surface area contributed by atoms with Crippen LogP contribution in [0.3, 0.4) is 0 Å². The lowest BCUT2D eigenvalue weighted by Gasteiger charge is -2.28. The number of aromatic nitrogens is 1. The Bertz CT molecular complexity index is 1220. The van der Waals surface area contributed by atoms with Crippen LogP contribution < -0.4 is 10.2 Å². The molecule has 4 rings (SSSR count). The van der Waals surface area contributed by atoms with Crippen LogP contribution in [0.5, 0.6) is 0 Å². The molecule has 1 fully saturated rings. The Balaban J connectivity index is 1.74. The summed E-state index contributed by atoms with van der Waals surface area (Å²) in [4.78, 5) is 31.7. The van der Waals surface area contributed by atoms with Gasteiger partial charge in [-0.1, -0.05) is 6.07 Å². The molecule has 0 bridgehead atoms. The van der Waals surface area contributed by atoms with Crippen molar-refractivity contribution in [3.8, 4) is 6.07 Å². The molecule has 1 aliphatic heterocycles. The molecule has 2 heterocycles. The van der Waals surface area contributed by atoms with Crippen molar-refractivity contribution in [3.05, 3.63) is 58.4 Å². The van der Waals surface area contributed by atoms with Crippen LogP contribution in [0.1, 0.15) is 32.7 Å². The number of nitrogens with one attached hydrogen (secondary N) is 1. The molecule has 0 saturated carbocycles. The van der Waals surface area contributed by atoms with Crippen LogP contribution in [0.2, 0.25) is 0 Å². The molecular formula is C21H16F3N5O2S. The summed E-state index contributed by atoms with van der Waals surface area (Å²) in [6.07, 6.45) is -3.24. The zero-order chi connectivity index (χ0) is 23.4. The van der Waals surface area contributed by atoms with Crippen molar-refractivity contribution in [1.29, 1.82) is 5.26 Å². The Morgan fingerprint density at radius 1 is 1.28 bits per heavy atom. The first kappa shape index (κ1) is 21.7. The molecule has 2 amide bonds. The summed E-state index contributed by atoms with van der Waals surface area (Å²) in [5.41, 5.74) is -1.19. The van der Waals surface area contributed by atoms with E-state index in [-0.39, 0.29) is 29.5 Å². The SMILES string of the molecule is CNC(=O)c1ccc2c(c1)CC1(C2)C(=O)N(c2cnc(C#N)c(C(F)(F)F)c2)C(=S)N1C. The maximum Gasteiger partial charge on any atom is 0.419 e. The number of anilines is 1. The Labute approximate surface area is 186 Å². The molecule has 1 aromatic carbocycles. The van der Waals surface area contributed by atoms with Crippen molar-refractivity contribution in [2.75, 3.05) is 19.0 Å². The maximum atomic E-state index is 13.6. The van der Waals surface area contributed by atoms with Gasteiger partial charge in [-0.2, -0.15) is 18.4 Å². The molecule has 0 radical (unpaired) electrons. The smallest absolute Gasteiger partial charge is 0.355 e. The Kier molecular flexibility index (Phi) is 4.93. The van der Waals surface area contributed by atoms with Crippen molar-refractivity contribution in [3.63, 3.8) is 0 Å². The lowest BCUT2D eigenvalue weighted by atomic mass is 9.94. The normalized spacial score (nSPS) is 20.0. The van der Waals surface area contributed by atoms with Gasteiger partial charge in [0.05, 0.1) is 17.4 Å². The van der Waals surface area contributed by atoms with E-state index >= 15 is 0 Å². The number of nitrogens with zero attached hydrogens (tertiary/aromatic N) is 4. The average molecular weight is 459 g/mol. The molecule has 1 N–H and O–H groups in total.